The minimum absolute atomic E-state index is 0.131. The number of nitrogens with one attached hydrogen (secondary N) is 1. The number of hydrogen-bond donors (Lipinski definition) is 1. The molecular weight excluding hydrogens is 347 g/mol. The predicted octanol–water partition coefficient (Wildman–Crippen LogP) is 3.10. The molecule has 0 saturated heterocycles. The highest BCUT2D eigenvalue weighted by Gasteiger charge is 2.26. The van der Waals surface area contributed by atoms with E-state index in [0.717, 1.165) is 11.1 Å². The Morgan fingerprint density at radius 2 is 1.88 bits per heavy atom. The molecule has 0 aliphatic carbocycles. The summed E-state index contributed by atoms with van der Waals surface area (Å²) in [5.74, 6) is 0.131. The first-order valence-corrected chi connectivity index (χ1v) is 7.72. The van der Waals surface area contributed by atoms with Gasteiger partial charge in [-0.25, -0.2) is 19.5 Å². The number of alkyl halides is 3. The number of halogens is 3. The largest absolute Gasteiger partial charge is 0.390 e. The average Bonchev–Trinajstić information content (AvgIpc) is 3.03. The molecule has 26 heavy (non-hydrogen) atoms. The first-order valence-electron chi connectivity index (χ1n) is 7.72. The van der Waals surface area contributed by atoms with E-state index in [1.807, 2.05) is 12.1 Å². The van der Waals surface area contributed by atoms with Crippen LogP contribution in [-0.4, -0.2) is 42.3 Å². The molecule has 0 atom stereocenters. The fourth-order valence-corrected chi connectivity index (χ4v) is 2.55. The van der Waals surface area contributed by atoms with Crippen LogP contribution in [0.25, 0.3) is 27.8 Å². The molecule has 132 valence electrons. The van der Waals surface area contributed by atoms with E-state index in [-0.39, 0.29) is 12.5 Å². The molecule has 4 aromatic heterocycles. The maximum Gasteiger partial charge on any atom is 0.390 e. The summed E-state index contributed by atoms with van der Waals surface area (Å²) >= 11 is 0. The Bertz CT molecular complexity index is 1070. The number of hydrogen-bond acceptors (Lipinski definition) is 6. The maximum absolute atomic E-state index is 12.2. The van der Waals surface area contributed by atoms with Crippen molar-refractivity contribution >= 4 is 22.6 Å². The summed E-state index contributed by atoms with van der Waals surface area (Å²) in [4.78, 5) is 16.7. The molecule has 0 fully saturated rings. The molecule has 0 bridgehead atoms. The Hall–Kier alpha value is -3.30. The van der Waals surface area contributed by atoms with E-state index in [0.29, 0.717) is 16.7 Å². The van der Waals surface area contributed by atoms with Crippen molar-refractivity contribution in [1.29, 1.82) is 0 Å². The molecule has 0 aliphatic heterocycles. The van der Waals surface area contributed by atoms with Crippen molar-refractivity contribution in [2.75, 3.05) is 11.9 Å². The van der Waals surface area contributed by atoms with Crippen LogP contribution in [-0.2, 0) is 0 Å². The lowest BCUT2D eigenvalue weighted by atomic mass is 10.1. The summed E-state index contributed by atoms with van der Waals surface area (Å²) in [5.41, 5.74) is 3.58. The Kier molecular flexibility index (Phi) is 3.86. The Morgan fingerprint density at radius 1 is 1.04 bits per heavy atom. The molecule has 0 amide bonds. The van der Waals surface area contributed by atoms with Crippen molar-refractivity contribution in [3.8, 4) is 11.1 Å². The topological polar surface area (TPSA) is 80.9 Å². The molecule has 4 rings (SSSR count). The summed E-state index contributed by atoms with van der Waals surface area (Å²) in [5, 5.41) is 6.75. The zero-order valence-electron chi connectivity index (χ0n) is 13.3. The summed E-state index contributed by atoms with van der Waals surface area (Å²) in [6.45, 7) is -0.281. The van der Waals surface area contributed by atoms with Gasteiger partial charge < -0.3 is 5.32 Å². The molecule has 4 heterocycles. The van der Waals surface area contributed by atoms with Gasteiger partial charge >= 0.3 is 6.18 Å². The summed E-state index contributed by atoms with van der Waals surface area (Å²) < 4.78 is 38.2. The SMILES string of the molecule is FC(F)(F)CCNc1ncc2c(-c3cnc4nccnc4c3)ccn2n1. The van der Waals surface area contributed by atoms with Crippen LogP contribution in [0.4, 0.5) is 19.1 Å². The van der Waals surface area contributed by atoms with Gasteiger partial charge in [0.05, 0.1) is 18.1 Å². The van der Waals surface area contributed by atoms with E-state index in [9.17, 15) is 13.2 Å². The second kappa shape index (κ2) is 6.21. The van der Waals surface area contributed by atoms with Gasteiger partial charge in [0.1, 0.15) is 5.52 Å². The second-order valence-electron chi connectivity index (χ2n) is 5.56. The van der Waals surface area contributed by atoms with Gasteiger partial charge in [-0.1, -0.05) is 0 Å². The normalized spacial score (nSPS) is 12.0. The van der Waals surface area contributed by atoms with Gasteiger partial charge in [-0.05, 0) is 12.1 Å². The van der Waals surface area contributed by atoms with Crippen molar-refractivity contribution < 1.29 is 13.2 Å². The van der Waals surface area contributed by atoms with Gasteiger partial charge in [0.25, 0.3) is 0 Å². The molecule has 7 nitrogen and oxygen atoms in total. The van der Waals surface area contributed by atoms with Crippen LogP contribution in [0.1, 0.15) is 6.42 Å². The van der Waals surface area contributed by atoms with Gasteiger partial charge in [-0.2, -0.15) is 13.2 Å². The Morgan fingerprint density at radius 3 is 2.73 bits per heavy atom. The van der Waals surface area contributed by atoms with E-state index in [2.05, 4.69) is 30.4 Å². The molecule has 0 saturated carbocycles. The van der Waals surface area contributed by atoms with Crippen LogP contribution in [0.2, 0.25) is 0 Å². The molecule has 0 spiro atoms. The van der Waals surface area contributed by atoms with Crippen LogP contribution in [0.5, 0.6) is 0 Å². The number of rotatable bonds is 4. The standard InChI is InChI=1S/C16H12F3N7/c17-16(18,19)2-3-22-15-24-9-13-11(1-6-26(13)25-15)10-7-12-14(23-8-10)21-5-4-20-12/h1,4-9H,2-3H2,(H,22,25). The number of nitrogens with zero attached hydrogens (tertiary/aromatic N) is 6. The van der Waals surface area contributed by atoms with E-state index in [1.165, 1.54) is 0 Å². The third-order valence-corrected chi connectivity index (χ3v) is 3.74. The lowest BCUT2D eigenvalue weighted by molar-refractivity contribution is -0.131. The number of pyridine rings is 1. The highest BCUT2D eigenvalue weighted by atomic mass is 19.4. The van der Waals surface area contributed by atoms with E-state index in [4.69, 9.17) is 0 Å². The van der Waals surface area contributed by atoms with Crippen LogP contribution < -0.4 is 5.32 Å². The van der Waals surface area contributed by atoms with Gasteiger partial charge in [0.2, 0.25) is 5.95 Å². The highest BCUT2D eigenvalue weighted by Crippen LogP contribution is 2.26. The van der Waals surface area contributed by atoms with E-state index in [1.54, 1.807) is 35.5 Å². The molecular formula is C16H12F3N7. The van der Waals surface area contributed by atoms with Crippen LogP contribution in [0.3, 0.4) is 0 Å². The third kappa shape index (κ3) is 3.25. The minimum atomic E-state index is -4.22. The molecule has 4 aromatic rings. The lowest BCUT2D eigenvalue weighted by Crippen LogP contribution is -2.16. The molecule has 0 unspecified atom stereocenters. The summed E-state index contributed by atoms with van der Waals surface area (Å²) in [7, 11) is 0. The van der Waals surface area contributed by atoms with Gasteiger partial charge in [0, 0.05) is 42.5 Å². The quantitative estimate of drug-likeness (QED) is 0.603. The van der Waals surface area contributed by atoms with Crippen molar-refractivity contribution in [2.45, 2.75) is 12.6 Å². The third-order valence-electron chi connectivity index (χ3n) is 3.74. The number of aromatic nitrogens is 6. The molecule has 0 aromatic carbocycles. The second-order valence-corrected chi connectivity index (χ2v) is 5.56. The van der Waals surface area contributed by atoms with E-state index < -0.39 is 12.6 Å². The van der Waals surface area contributed by atoms with Crippen molar-refractivity contribution in [1.82, 2.24) is 29.5 Å². The summed E-state index contributed by atoms with van der Waals surface area (Å²) in [6, 6.07) is 3.70. The van der Waals surface area contributed by atoms with Crippen molar-refractivity contribution in [3.63, 3.8) is 0 Å². The van der Waals surface area contributed by atoms with Gasteiger partial charge in [-0.3, -0.25) is 4.98 Å². The molecule has 1 N–H and O–H groups in total. The lowest BCUT2D eigenvalue weighted by Gasteiger charge is -2.08. The first-order chi connectivity index (χ1) is 12.5. The van der Waals surface area contributed by atoms with Gasteiger partial charge in [0.15, 0.2) is 5.65 Å². The summed E-state index contributed by atoms with van der Waals surface area (Å²) in [6.07, 6.45) is 2.94. The average molecular weight is 359 g/mol. The fourth-order valence-electron chi connectivity index (χ4n) is 2.55. The molecule has 0 aliphatic rings. The van der Waals surface area contributed by atoms with Crippen molar-refractivity contribution in [3.05, 3.63) is 43.1 Å². The zero-order valence-corrected chi connectivity index (χ0v) is 13.3. The maximum atomic E-state index is 12.2. The minimum Gasteiger partial charge on any atom is -0.353 e. The van der Waals surface area contributed by atoms with Gasteiger partial charge in [-0.15, -0.1) is 5.10 Å². The Balaban J connectivity index is 1.62. The number of fused-ring (bicyclic) bond motifs is 2. The van der Waals surface area contributed by atoms with E-state index >= 15 is 0 Å². The van der Waals surface area contributed by atoms with Crippen LogP contribution in [0.15, 0.2) is 43.1 Å². The van der Waals surface area contributed by atoms with Crippen molar-refractivity contribution in [2.24, 2.45) is 0 Å². The predicted molar refractivity (Wildman–Crippen MR) is 88.5 cm³/mol. The molecule has 0 radical (unpaired) electrons. The zero-order chi connectivity index (χ0) is 18.1. The fraction of sp³-hybridized carbons (Fsp3) is 0.188. The first kappa shape index (κ1) is 16.2. The highest BCUT2D eigenvalue weighted by molar-refractivity contribution is 5.84. The number of anilines is 1. The smallest absolute Gasteiger partial charge is 0.353 e. The Labute approximate surface area is 144 Å². The van der Waals surface area contributed by atoms with Crippen LogP contribution >= 0.6 is 0 Å². The molecule has 10 heteroatoms. The van der Waals surface area contributed by atoms with Crippen LogP contribution in [0, 0.1) is 0 Å². The monoisotopic (exact) mass is 359 g/mol.